The van der Waals surface area contributed by atoms with Gasteiger partial charge in [0.1, 0.15) is 5.60 Å². The van der Waals surface area contributed by atoms with E-state index in [2.05, 4.69) is 4.72 Å². The fraction of sp³-hybridized carbons (Fsp3) is 0.500. The fourth-order valence-electron chi connectivity index (χ4n) is 1.61. The quantitative estimate of drug-likeness (QED) is 0.887. The Kier molecular flexibility index (Phi) is 6.22. The summed E-state index contributed by atoms with van der Waals surface area (Å²) < 4.78 is 30.0. The molecule has 0 unspecified atom stereocenters. The van der Waals surface area contributed by atoms with Crippen LogP contribution in [0.4, 0.5) is 10.5 Å². The zero-order valence-corrected chi connectivity index (χ0v) is 14.7. The molecule has 1 aromatic carbocycles. The van der Waals surface area contributed by atoms with Crippen molar-refractivity contribution in [3.05, 3.63) is 29.3 Å². The van der Waals surface area contributed by atoms with E-state index in [0.717, 1.165) is 6.26 Å². The van der Waals surface area contributed by atoms with Gasteiger partial charge in [-0.1, -0.05) is 11.6 Å². The molecule has 0 aliphatic carbocycles. The number of carbonyl (C=O) groups excluding carboxylic acids is 1. The number of nitrogens with one attached hydrogen (secondary N) is 1. The third-order valence-electron chi connectivity index (χ3n) is 2.45. The second-order valence-electron chi connectivity index (χ2n) is 5.77. The molecular formula is C14H21ClN2O4S. The topological polar surface area (TPSA) is 75.7 Å². The van der Waals surface area contributed by atoms with Crippen LogP contribution in [0.3, 0.4) is 0 Å². The minimum absolute atomic E-state index is 0.0840. The highest BCUT2D eigenvalue weighted by atomic mass is 35.5. The number of rotatable bonds is 5. The van der Waals surface area contributed by atoms with Crippen LogP contribution < -0.4 is 9.62 Å². The number of nitrogens with zero attached hydrogens (tertiary/aromatic N) is 1. The number of benzene rings is 1. The lowest BCUT2D eigenvalue weighted by molar-refractivity contribution is 0.0581. The Morgan fingerprint density at radius 2 is 1.82 bits per heavy atom. The predicted molar refractivity (Wildman–Crippen MR) is 87.9 cm³/mol. The number of sulfonamides is 1. The zero-order valence-electron chi connectivity index (χ0n) is 13.1. The van der Waals surface area contributed by atoms with Gasteiger partial charge in [-0.15, -0.1) is 0 Å². The van der Waals surface area contributed by atoms with Crippen molar-refractivity contribution >= 4 is 33.4 Å². The summed E-state index contributed by atoms with van der Waals surface area (Å²) in [6.45, 7) is 5.52. The van der Waals surface area contributed by atoms with E-state index in [4.69, 9.17) is 16.3 Å². The number of ether oxygens (including phenoxy) is 1. The monoisotopic (exact) mass is 348 g/mol. The molecule has 6 nitrogen and oxygen atoms in total. The second kappa shape index (κ2) is 7.30. The van der Waals surface area contributed by atoms with E-state index in [9.17, 15) is 13.2 Å². The first-order valence-corrected chi connectivity index (χ1v) is 8.95. The van der Waals surface area contributed by atoms with E-state index >= 15 is 0 Å². The van der Waals surface area contributed by atoms with Crippen LogP contribution in [0.15, 0.2) is 24.3 Å². The standard InChI is InChI=1S/C14H21ClN2O4S/c1-14(2,3)21-13(18)17(10-9-16-22(4,19)20)12-7-5-11(15)6-8-12/h5-8,16H,9-10H2,1-4H3. The van der Waals surface area contributed by atoms with Gasteiger partial charge in [0.2, 0.25) is 10.0 Å². The molecule has 0 bridgehead atoms. The van der Waals surface area contributed by atoms with Crippen LogP contribution in [0.5, 0.6) is 0 Å². The normalized spacial score (nSPS) is 12.0. The van der Waals surface area contributed by atoms with Crippen molar-refractivity contribution in [2.24, 2.45) is 0 Å². The lowest BCUT2D eigenvalue weighted by Crippen LogP contribution is -2.41. The molecule has 0 heterocycles. The minimum atomic E-state index is -3.32. The maximum atomic E-state index is 12.3. The first-order chi connectivity index (χ1) is 9.98. The predicted octanol–water partition coefficient (Wildman–Crippen LogP) is 2.63. The van der Waals surface area contributed by atoms with Gasteiger partial charge in [-0.25, -0.2) is 17.9 Å². The molecule has 22 heavy (non-hydrogen) atoms. The fourth-order valence-corrected chi connectivity index (χ4v) is 2.19. The molecule has 1 aromatic rings. The third-order valence-corrected chi connectivity index (χ3v) is 3.43. The van der Waals surface area contributed by atoms with Crippen LogP contribution in [-0.4, -0.2) is 39.5 Å². The molecule has 0 atom stereocenters. The highest BCUT2D eigenvalue weighted by molar-refractivity contribution is 7.88. The lowest BCUT2D eigenvalue weighted by atomic mass is 10.2. The van der Waals surface area contributed by atoms with Crippen LogP contribution in [0, 0.1) is 0 Å². The van der Waals surface area contributed by atoms with E-state index in [1.54, 1.807) is 45.0 Å². The van der Waals surface area contributed by atoms with E-state index in [1.807, 2.05) is 0 Å². The van der Waals surface area contributed by atoms with Crippen molar-refractivity contribution in [2.45, 2.75) is 26.4 Å². The van der Waals surface area contributed by atoms with Gasteiger partial charge in [-0.2, -0.15) is 0 Å². The van der Waals surface area contributed by atoms with Gasteiger partial charge in [0, 0.05) is 23.8 Å². The molecule has 1 N–H and O–H groups in total. The van der Waals surface area contributed by atoms with Crippen molar-refractivity contribution in [2.75, 3.05) is 24.2 Å². The van der Waals surface area contributed by atoms with Crippen molar-refractivity contribution in [3.8, 4) is 0 Å². The summed E-state index contributed by atoms with van der Waals surface area (Å²) in [5.74, 6) is 0. The van der Waals surface area contributed by atoms with Gasteiger partial charge in [-0.3, -0.25) is 4.90 Å². The van der Waals surface area contributed by atoms with Crippen molar-refractivity contribution in [3.63, 3.8) is 0 Å². The average molecular weight is 349 g/mol. The Labute approximate surface area is 136 Å². The van der Waals surface area contributed by atoms with Crippen LogP contribution in [0.2, 0.25) is 5.02 Å². The molecule has 0 aliphatic heterocycles. The number of amides is 1. The minimum Gasteiger partial charge on any atom is -0.443 e. The van der Waals surface area contributed by atoms with Gasteiger partial charge in [-0.05, 0) is 45.0 Å². The summed E-state index contributed by atoms with van der Waals surface area (Å²) in [5, 5.41) is 0.544. The Morgan fingerprint density at radius 1 is 1.27 bits per heavy atom. The van der Waals surface area contributed by atoms with E-state index < -0.39 is 21.7 Å². The highest BCUT2D eigenvalue weighted by Crippen LogP contribution is 2.20. The van der Waals surface area contributed by atoms with E-state index in [-0.39, 0.29) is 13.1 Å². The van der Waals surface area contributed by atoms with Crippen molar-refractivity contribution in [1.29, 1.82) is 0 Å². The Morgan fingerprint density at radius 3 is 2.27 bits per heavy atom. The summed E-state index contributed by atoms with van der Waals surface area (Å²) in [7, 11) is -3.32. The first kappa shape index (κ1) is 18.7. The largest absolute Gasteiger partial charge is 0.443 e. The Balaban J connectivity index is 2.89. The van der Waals surface area contributed by atoms with Crippen LogP contribution in [0.25, 0.3) is 0 Å². The molecule has 0 aliphatic rings. The summed E-state index contributed by atoms with van der Waals surface area (Å²) in [6, 6.07) is 6.65. The average Bonchev–Trinajstić information content (AvgIpc) is 2.32. The molecular weight excluding hydrogens is 328 g/mol. The van der Waals surface area contributed by atoms with Crippen LogP contribution in [0.1, 0.15) is 20.8 Å². The molecule has 0 saturated carbocycles. The molecule has 1 rings (SSSR count). The summed E-state index contributed by atoms with van der Waals surface area (Å²) in [4.78, 5) is 13.7. The van der Waals surface area contributed by atoms with E-state index in [0.29, 0.717) is 10.7 Å². The molecule has 8 heteroatoms. The first-order valence-electron chi connectivity index (χ1n) is 6.69. The number of hydrogen-bond acceptors (Lipinski definition) is 4. The molecule has 0 fully saturated rings. The third kappa shape index (κ3) is 7.11. The smallest absolute Gasteiger partial charge is 0.414 e. The van der Waals surface area contributed by atoms with Gasteiger partial charge >= 0.3 is 6.09 Å². The molecule has 0 spiro atoms. The van der Waals surface area contributed by atoms with Crippen LogP contribution >= 0.6 is 11.6 Å². The highest BCUT2D eigenvalue weighted by Gasteiger charge is 2.23. The zero-order chi connectivity index (χ0) is 17.0. The summed E-state index contributed by atoms with van der Waals surface area (Å²) in [6.07, 6.45) is 0.512. The summed E-state index contributed by atoms with van der Waals surface area (Å²) in [5.41, 5.74) is -0.0691. The molecule has 124 valence electrons. The Bertz CT molecular complexity index is 609. The maximum Gasteiger partial charge on any atom is 0.414 e. The number of anilines is 1. The van der Waals surface area contributed by atoms with Gasteiger partial charge in [0.25, 0.3) is 0 Å². The molecule has 0 saturated heterocycles. The molecule has 0 aromatic heterocycles. The van der Waals surface area contributed by atoms with Crippen molar-refractivity contribution < 1.29 is 17.9 Å². The molecule has 0 radical (unpaired) electrons. The Hall–Kier alpha value is -1.31. The maximum absolute atomic E-state index is 12.3. The number of hydrogen-bond donors (Lipinski definition) is 1. The lowest BCUT2D eigenvalue weighted by Gasteiger charge is -2.27. The van der Waals surface area contributed by atoms with Gasteiger partial charge in [0.05, 0.1) is 6.26 Å². The SMILES string of the molecule is CC(C)(C)OC(=O)N(CCNS(C)(=O)=O)c1ccc(Cl)cc1. The number of carbonyl (C=O) groups is 1. The van der Waals surface area contributed by atoms with Gasteiger partial charge in [0.15, 0.2) is 0 Å². The van der Waals surface area contributed by atoms with Crippen molar-refractivity contribution in [1.82, 2.24) is 4.72 Å². The van der Waals surface area contributed by atoms with Gasteiger partial charge < -0.3 is 4.74 Å². The van der Waals surface area contributed by atoms with E-state index in [1.165, 1.54) is 4.90 Å². The number of halogens is 1. The summed E-state index contributed by atoms with van der Waals surface area (Å²) >= 11 is 5.84. The van der Waals surface area contributed by atoms with Crippen LogP contribution in [-0.2, 0) is 14.8 Å². The second-order valence-corrected chi connectivity index (χ2v) is 8.04. The molecule has 1 amide bonds.